The second-order valence-electron chi connectivity index (χ2n) is 12.9. The van der Waals surface area contributed by atoms with Gasteiger partial charge in [-0.15, -0.1) is 0 Å². The number of hydrogen-bond donors (Lipinski definition) is 14. The van der Waals surface area contributed by atoms with E-state index in [-0.39, 0.29) is 6.61 Å². The monoisotopic (exact) mass is 765 g/mol. The Bertz CT molecular complexity index is 1090. The first-order valence-corrected chi connectivity index (χ1v) is 16.8. The van der Waals surface area contributed by atoms with E-state index in [0.29, 0.717) is 13.0 Å². The highest BCUT2D eigenvalue weighted by Gasteiger charge is 2.56. The molecule has 0 aromatic carbocycles. The van der Waals surface area contributed by atoms with Gasteiger partial charge < -0.3 is 110 Å². The molecule has 304 valence electrons. The van der Waals surface area contributed by atoms with Crippen molar-refractivity contribution in [2.24, 2.45) is 5.73 Å². The molecule has 23 nitrogen and oxygen atoms in total. The Morgan fingerprint density at radius 3 is 1.42 bits per heavy atom. The van der Waals surface area contributed by atoms with Gasteiger partial charge in [0.05, 0.1) is 19.8 Å². The Kier molecular flexibility index (Phi) is 16.2. The van der Waals surface area contributed by atoms with Crippen LogP contribution < -0.4 is 5.73 Å². The maximum atomic E-state index is 12.2. The number of hydrogen-bond acceptors (Lipinski definition) is 22. The van der Waals surface area contributed by atoms with Gasteiger partial charge in [0.1, 0.15) is 91.6 Å². The number of carboxylic acids is 1. The van der Waals surface area contributed by atoms with Crippen molar-refractivity contribution in [1.29, 1.82) is 0 Å². The SMILES string of the molecule is NCCCCCO[C@H]1OC(CO)[C@@H](O[C@@H]2OC(CO)[C@@H](O[C@@H]3OC(C(=O)O)[C@@H](O[C@H]4OC(CO)[C@H](O)C(O)C4O)C(O)C3O)C(O)[C@@H]2O)[C@H](O)C1O. The van der Waals surface area contributed by atoms with Crippen LogP contribution in [0, 0.1) is 0 Å². The second-order valence-corrected chi connectivity index (χ2v) is 12.9. The molecule has 4 heterocycles. The molecule has 4 aliphatic rings. The molecule has 0 amide bonds. The zero-order valence-corrected chi connectivity index (χ0v) is 27.8. The van der Waals surface area contributed by atoms with Gasteiger partial charge in [0.15, 0.2) is 31.3 Å². The van der Waals surface area contributed by atoms with Crippen molar-refractivity contribution in [1.82, 2.24) is 0 Å². The van der Waals surface area contributed by atoms with Crippen LogP contribution in [-0.4, -0.2) is 228 Å². The molecular formula is C29H51NO22. The molecule has 4 aliphatic heterocycles. The van der Waals surface area contributed by atoms with Gasteiger partial charge in [0.2, 0.25) is 0 Å². The van der Waals surface area contributed by atoms with Crippen molar-refractivity contribution < 1.29 is 109 Å². The van der Waals surface area contributed by atoms with E-state index in [2.05, 4.69) is 0 Å². The summed E-state index contributed by atoms with van der Waals surface area (Å²) < 4.78 is 43.7. The average molecular weight is 766 g/mol. The molecule has 15 N–H and O–H groups in total. The smallest absolute Gasteiger partial charge is 0.335 e. The molecular weight excluding hydrogens is 714 g/mol. The average Bonchev–Trinajstić information content (AvgIpc) is 3.13. The molecule has 0 spiro atoms. The van der Waals surface area contributed by atoms with E-state index >= 15 is 0 Å². The summed E-state index contributed by atoms with van der Waals surface area (Å²) in [6, 6.07) is 0. The van der Waals surface area contributed by atoms with Crippen molar-refractivity contribution in [3.8, 4) is 0 Å². The molecule has 4 saturated heterocycles. The highest BCUT2D eigenvalue weighted by atomic mass is 16.8. The van der Waals surface area contributed by atoms with Crippen LogP contribution >= 0.6 is 0 Å². The predicted molar refractivity (Wildman–Crippen MR) is 161 cm³/mol. The number of carboxylic acid groups (broad SMARTS) is 1. The Hall–Kier alpha value is -1.37. The maximum absolute atomic E-state index is 12.2. The summed E-state index contributed by atoms with van der Waals surface area (Å²) >= 11 is 0. The molecule has 20 atom stereocenters. The van der Waals surface area contributed by atoms with Crippen LogP contribution in [-0.2, 0) is 42.7 Å². The quantitative estimate of drug-likeness (QED) is 0.0649. The minimum Gasteiger partial charge on any atom is -0.479 e. The first-order chi connectivity index (χ1) is 24.7. The van der Waals surface area contributed by atoms with Crippen LogP contribution in [0.2, 0.25) is 0 Å². The normalized spacial score (nSPS) is 47.3. The van der Waals surface area contributed by atoms with E-state index in [1.54, 1.807) is 0 Å². The van der Waals surface area contributed by atoms with Crippen LogP contribution in [0.25, 0.3) is 0 Å². The van der Waals surface area contributed by atoms with E-state index in [1.165, 1.54) is 0 Å². The Balaban J connectivity index is 1.41. The number of aliphatic carboxylic acids is 1. The molecule has 52 heavy (non-hydrogen) atoms. The van der Waals surface area contributed by atoms with E-state index in [4.69, 9.17) is 43.6 Å². The number of aliphatic hydroxyl groups excluding tert-OH is 12. The fourth-order valence-electron chi connectivity index (χ4n) is 6.26. The first-order valence-electron chi connectivity index (χ1n) is 16.8. The number of ether oxygens (including phenoxy) is 8. The van der Waals surface area contributed by atoms with Gasteiger partial charge in [-0.1, -0.05) is 0 Å². The Labute approximate surface area is 296 Å². The molecule has 0 radical (unpaired) electrons. The van der Waals surface area contributed by atoms with Gasteiger partial charge in [0.25, 0.3) is 0 Å². The van der Waals surface area contributed by atoms with Gasteiger partial charge in [-0.25, -0.2) is 4.79 Å². The lowest BCUT2D eigenvalue weighted by Gasteiger charge is -2.48. The summed E-state index contributed by atoms with van der Waals surface area (Å²) in [5, 5.41) is 135. The standard InChI is InChI=1S/C29H51NO22/c30-4-2-1-3-5-45-26-18(40)14(36)21(10(7-32)47-26)49-28-19(41)15(37)22(11(8-33)48-28)50-29-20(42)16(38)23(24(52-29)25(43)44)51-27-17(39)13(35)12(34)9(6-31)46-27/h9-24,26-29,31-42H,1-8,30H2,(H,43,44)/t9?,10?,11?,12-,13?,14+,15?,16?,17?,18?,19-,20?,21+,22+,23-,24?,26-,27+,28-,29+/m0/s1. The number of unbranched alkanes of at least 4 members (excludes halogenated alkanes) is 2. The highest BCUT2D eigenvalue weighted by molar-refractivity contribution is 5.73. The number of carbonyl (C=O) groups is 1. The van der Waals surface area contributed by atoms with E-state index < -0.39 is 149 Å². The zero-order valence-electron chi connectivity index (χ0n) is 27.8. The summed E-state index contributed by atoms with van der Waals surface area (Å²) in [5.74, 6) is -1.80. The van der Waals surface area contributed by atoms with Crippen molar-refractivity contribution in [3.05, 3.63) is 0 Å². The molecule has 4 fully saturated rings. The Morgan fingerprint density at radius 2 is 0.923 bits per heavy atom. The lowest BCUT2D eigenvalue weighted by atomic mass is 9.95. The van der Waals surface area contributed by atoms with E-state index in [0.717, 1.165) is 12.8 Å². The largest absolute Gasteiger partial charge is 0.479 e. The van der Waals surface area contributed by atoms with Crippen LogP contribution in [0.15, 0.2) is 0 Å². The van der Waals surface area contributed by atoms with Crippen molar-refractivity contribution in [2.75, 3.05) is 33.0 Å². The van der Waals surface area contributed by atoms with Crippen LogP contribution in [0.1, 0.15) is 19.3 Å². The van der Waals surface area contributed by atoms with Crippen LogP contribution in [0.5, 0.6) is 0 Å². The summed E-state index contributed by atoms with van der Waals surface area (Å²) in [6.07, 6.45) is -34.9. The molecule has 0 aromatic heterocycles. The van der Waals surface area contributed by atoms with Gasteiger partial charge >= 0.3 is 5.97 Å². The van der Waals surface area contributed by atoms with Crippen molar-refractivity contribution >= 4 is 5.97 Å². The molecule has 0 aliphatic carbocycles. The fourth-order valence-corrected chi connectivity index (χ4v) is 6.26. The third-order valence-corrected chi connectivity index (χ3v) is 9.28. The lowest BCUT2D eigenvalue weighted by Crippen LogP contribution is -2.68. The van der Waals surface area contributed by atoms with Crippen molar-refractivity contribution in [3.63, 3.8) is 0 Å². The van der Waals surface area contributed by atoms with Crippen molar-refractivity contribution in [2.45, 2.75) is 142 Å². The van der Waals surface area contributed by atoms with Gasteiger partial charge in [-0.2, -0.15) is 0 Å². The summed E-state index contributed by atoms with van der Waals surface area (Å²) in [5.41, 5.74) is 5.46. The molecule has 4 rings (SSSR count). The van der Waals surface area contributed by atoms with Gasteiger partial charge in [-0.3, -0.25) is 0 Å². The topological polar surface area (TPSA) is 380 Å². The minimum atomic E-state index is -2.20. The molecule has 0 bridgehead atoms. The summed E-state index contributed by atoms with van der Waals surface area (Å²) in [4.78, 5) is 12.2. The van der Waals surface area contributed by atoms with Crippen LogP contribution in [0.3, 0.4) is 0 Å². The molecule has 0 saturated carbocycles. The molecule has 0 aromatic rings. The van der Waals surface area contributed by atoms with Crippen LogP contribution in [0.4, 0.5) is 0 Å². The minimum absolute atomic E-state index is 0.143. The van der Waals surface area contributed by atoms with Gasteiger partial charge in [0, 0.05) is 6.61 Å². The van der Waals surface area contributed by atoms with Gasteiger partial charge in [-0.05, 0) is 25.8 Å². The third kappa shape index (κ3) is 9.52. The molecule has 10 unspecified atom stereocenters. The van der Waals surface area contributed by atoms with E-state index in [9.17, 15) is 71.2 Å². The highest BCUT2D eigenvalue weighted by Crippen LogP contribution is 2.34. The number of rotatable bonds is 16. The zero-order chi connectivity index (χ0) is 38.4. The summed E-state index contributed by atoms with van der Waals surface area (Å²) in [6.45, 7) is -1.94. The third-order valence-electron chi connectivity index (χ3n) is 9.28. The second kappa shape index (κ2) is 19.5. The number of aliphatic hydroxyl groups is 12. The predicted octanol–water partition coefficient (Wildman–Crippen LogP) is -8.50. The Morgan fingerprint density at radius 1 is 0.500 bits per heavy atom. The fraction of sp³-hybridized carbons (Fsp3) is 0.966. The lowest BCUT2D eigenvalue weighted by molar-refractivity contribution is -0.385. The summed E-state index contributed by atoms with van der Waals surface area (Å²) in [7, 11) is 0. The molecule has 23 heteroatoms. The maximum Gasteiger partial charge on any atom is 0.335 e. The first kappa shape index (κ1) is 43.4. The van der Waals surface area contributed by atoms with E-state index in [1.807, 2.05) is 0 Å². The number of nitrogens with two attached hydrogens (primary N) is 1.